The topological polar surface area (TPSA) is 49.3 Å². The van der Waals surface area contributed by atoms with Crippen molar-refractivity contribution in [2.75, 3.05) is 19.3 Å². The molecule has 1 atom stereocenters. The van der Waals surface area contributed by atoms with E-state index in [4.69, 9.17) is 4.98 Å². The van der Waals surface area contributed by atoms with Gasteiger partial charge in [0.25, 0.3) is 0 Å². The van der Waals surface area contributed by atoms with Crippen LogP contribution in [0.2, 0.25) is 0 Å². The zero-order chi connectivity index (χ0) is 16.2. The normalized spacial score (nSPS) is 22.9. The molecule has 1 saturated heterocycles. The van der Waals surface area contributed by atoms with E-state index >= 15 is 0 Å². The van der Waals surface area contributed by atoms with Crippen molar-refractivity contribution >= 4 is 29.1 Å². The number of hydrogen-bond acceptors (Lipinski definition) is 4. The van der Waals surface area contributed by atoms with Crippen LogP contribution >= 0.6 is 23.1 Å². The molecule has 0 bridgehead atoms. The van der Waals surface area contributed by atoms with Gasteiger partial charge in [0.05, 0.1) is 12.2 Å². The minimum absolute atomic E-state index is 0.114. The van der Waals surface area contributed by atoms with Gasteiger partial charge in [0.15, 0.2) is 5.96 Å². The molecule has 4 nitrogen and oxygen atoms in total. The Morgan fingerprint density at radius 2 is 2.18 bits per heavy atom. The molecule has 0 saturated carbocycles. The van der Waals surface area contributed by atoms with E-state index in [1.54, 1.807) is 11.3 Å². The van der Waals surface area contributed by atoms with Crippen molar-refractivity contribution in [3.05, 3.63) is 16.1 Å². The van der Waals surface area contributed by atoms with Crippen LogP contribution in [0.25, 0.3) is 0 Å². The number of aliphatic imine (C=N–C) groups is 1. The Morgan fingerprint density at radius 3 is 2.73 bits per heavy atom. The van der Waals surface area contributed by atoms with Crippen molar-refractivity contribution in [2.45, 2.75) is 57.2 Å². The maximum atomic E-state index is 4.71. The van der Waals surface area contributed by atoms with E-state index in [1.165, 1.54) is 18.6 Å². The number of thioether (sulfide) groups is 1. The summed E-state index contributed by atoms with van der Waals surface area (Å²) < 4.78 is 0.345. The summed E-state index contributed by atoms with van der Waals surface area (Å²) in [5.74, 6) is 2.14. The number of thiazole rings is 1. The zero-order valence-corrected chi connectivity index (χ0v) is 16.0. The third-order valence-corrected chi connectivity index (χ3v) is 6.27. The van der Waals surface area contributed by atoms with Crippen molar-refractivity contribution in [3.8, 4) is 0 Å². The van der Waals surface area contributed by atoms with Gasteiger partial charge in [-0.3, -0.25) is 4.99 Å². The maximum Gasteiger partial charge on any atom is 0.191 e. The Hall–Kier alpha value is -0.750. The van der Waals surface area contributed by atoms with Gasteiger partial charge in [-0.25, -0.2) is 4.98 Å². The monoisotopic (exact) mass is 340 g/mol. The molecule has 0 spiro atoms. The predicted molar refractivity (Wildman–Crippen MR) is 99.1 cm³/mol. The van der Waals surface area contributed by atoms with E-state index in [9.17, 15) is 0 Å². The number of nitrogens with zero attached hydrogens (tertiary/aromatic N) is 2. The number of aromatic nitrogens is 1. The fraction of sp³-hybridized carbons (Fsp3) is 0.750. The maximum absolute atomic E-state index is 4.71. The van der Waals surface area contributed by atoms with E-state index in [2.05, 4.69) is 60.5 Å². The summed E-state index contributed by atoms with van der Waals surface area (Å²) in [6, 6.07) is 0. The molecule has 2 heterocycles. The van der Waals surface area contributed by atoms with Crippen LogP contribution in [0.5, 0.6) is 0 Å². The van der Waals surface area contributed by atoms with E-state index in [-0.39, 0.29) is 5.41 Å². The highest BCUT2D eigenvalue weighted by molar-refractivity contribution is 8.00. The van der Waals surface area contributed by atoms with Gasteiger partial charge in [0, 0.05) is 29.1 Å². The molecule has 0 aliphatic carbocycles. The third-order valence-electron chi connectivity index (χ3n) is 3.88. The molecule has 2 N–H and O–H groups in total. The molecule has 1 aliphatic heterocycles. The lowest BCUT2D eigenvalue weighted by atomic mass is 9.93. The van der Waals surface area contributed by atoms with E-state index in [0.29, 0.717) is 4.75 Å². The van der Waals surface area contributed by atoms with Crippen LogP contribution in [0.3, 0.4) is 0 Å². The zero-order valence-electron chi connectivity index (χ0n) is 14.3. The molecule has 2 rings (SSSR count). The number of rotatable bonds is 4. The average molecular weight is 341 g/mol. The van der Waals surface area contributed by atoms with Crippen LogP contribution < -0.4 is 10.6 Å². The summed E-state index contributed by atoms with van der Waals surface area (Å²) in [5.41, 5.74) is 1.27. The lowest BCUT2D eigenvalue weighted by Gasteiger charge is -2.24. The Balaban J connectivity index is 1.82. The molecule has 1 unspecified atom stereocenters. The molecular formula is C16H28N4S2. The fourth-order valence-electron chi connectivity index (χ4n) is 2.36. The minimum Gasteiger partial charge on any atom is -0.355 e. The summed E-state index contributed by atoms with van der Waals surface area (Å²) in [4.78, 5) is 9.02. The van der Waals surface area contributed by atoms with Crippen LogP contribution in [0.4, 0.5) is 0 Å². The van der Waals surface area contributed by atoms with Gasteiger partial charge in [0.2, 0.25) is 0 Å². The Morgan fingerprint density at radius 1 is 1.41 bits per heavy atom. The second kappa shape index (κ2) is 7.21. The molecule has 1 aromatic heterocycles. The van der Waals surface area contributed by atoms with E-state index in [1.807, 2.05) is 7.05 Å². The lowest BCUT2D eigenvalue weighted by Crippen LogP contribution is -2.43. The predicted octanol–water partition coefficient (Wildman–Crippen LogP) is 3.39. The van der Waals surface area contributed by atoms with Gasteiger partial charge in [-0.05, 0) is 25.5 Å². The SMILES string of the molecule is CN=C(NCc1nc(C(C)(C)C)cs1)NCC1(C)CCCS1. The van der Waals surface area contributed by atoms with Gasteiger partial charge >= 0.3 is 0 Å². The number of guanidine groups is 1. The molecular weight excluding hydrogens is 312 g/mol. The first-order valence-corrected chi connectivity index (χ1v) is 9.72. The summed E-state index contributed by atoms with van der Waals surface area (Å²) >= 11 is 3.77. The summed E-state index contributed by atoms with van der Waals surface area (Å²) in [7, 11) is 1.82. The van der Waals surface area contributed by atoms with Crippen molar-refractivity contribution in [3.63, 3.8) is 0 Å². The van der Waals surface area contributed by atoms with Gasteiger partial charge < -0.3 is 10.6 Å². The lowest BCUT2D eigenvalue weighted by molar-refractivity contribution is 0.569. The number of hydrogen-bond donors (Lipinski definition) is 2. The van der Waals surface area contributed by atoms with Crippen molar-refractivity contribution < 1.29 is 0 Å². The molecule has 1 aromatic rings. The van der Waals surface area contributed by atoms with Gasteiger partial charge in [-0.2, -0.15) is 11.8 Å². The summed E-state index contributed by atoms with van der Waals surface area (Å²) in [6.07, 6.45) is 2.60. The summed E-state index contributed by atoms with van der Waals surface area (Å²) in [5, 5.41) is 10.1. The second-order valence-electron chi connectivity index (χ2n) is 7.06. The molecule has 22 heavy (non-hydrogen) atoms. The molecule has 0 amide bonds. The standard InChI is InChI=1S/C16H28N4S2/c1-15(2,3)12-10-21-13(20-12)9-18-14(17-5)19-11-16(4)7-6-8-22-16/h10H,6-9,11H2,1-5H3,(H2,17,18,19). The van der Waals surface area contributed by atoms with Crippen LogP contribution in [0.1, 0.15) is 51.2 Å². The van der Waals surface area contributed by atoms with Crippen LogP contribution in [0, 0.1) is 0 Å². The van der Waals surface area contributed by atoms with Crippen LogP contribution in [-0.2, 0) is 12.0 Å². The minimum atomic E-state index is 0.114. The van der Waals surface area contributed by atoms with E-state index in [0.717, 1.165) is 29.8 Å². The average Bonchev–Trinajstić information content (AvgIpc) is 3.08. The highest BCUT2D eigenvalue weighted by Gasteiger charge is 2.29. The molecule has 1 aliphatic rings. The highest BCUT2D eigenvalue weighted by Crippen LogP contribution is 2.36. The first kappa shape index (κ1) is 17.6. The van der Waals surface area contributed by atoms with Gasteiger partial charge in [-0.15, -0.1) is 11.3 Å². The van der Waals surface area contributed by atoms with Gasteiger partial charge in [0.1, 0.15) is 5.01 Å². The second-order valence-corrected chi connectivity index (χ2v) is 9.68. The Kier molecular flexibility index (Phi) is 5.77. The third kappa shape index (κ3) is 4.88. The first-order chi connectivity index (χ1) is 10.3. The quantitative estimate of drug-likeness (QED) is 0.651. The molecule has 0 radical (unpaired) electrons. The van der Waals surface area contributed by atoms with E-state index < -0.39 is 0 Å². The smallest absolute Gasteiger partial charge is 0.191 e. The first-order valence-electron chi connectivity index (χ1n) is 7.86. The largest absolute Gasteiger partial charge is 0.355 e. The molecule has 124 valence electrons. The molecule has 0 aromatic carbocycles. The van der Waals surface area contributed by atoms with Crippen LogP contribution in [0.15, 0.2) is 10.4 Å². The van der Waals surface area contributed by atoms with Crippen LogP contribution in [-0.4, -0.2) is 35.0 Å². The fourth-order valence-corrected chi connectivity index (χ4v) is 4.57. The van der Waals surface area contributed by atoms with Crippen molar-refractivity contribution in [1.82, 2.24) is 15.6 Å². The highest BCUT2D eigenvalue weighted by atomic mass is 32.2. The molecule has 6 heteroatoms. The Labute approximate surface area is 142 Å². The number of nitrogens with one attached hydrogen (secondary N) is 2. The van der Waals surface area contributed by atoms with Crippen molar-refractivity contribution in [1.29, 1.82) is 0 Å². The molecule has 1 fully saturated rings. The Bertz CT molecular complexity index is 510. The summed E-state index contributed by atoms with van der Waals surface area (Å²) in [6.45, 7) is 10.6. The van der Waals surface area contributed by atoms with Gasteiger partial charge in [-0.1, -0.05) is 20.8 Å². The van der Waals surface area contributed by atoms with Crippen molar-refractivity contribution in [2.24, 2.45) is 4.99 Å².